The van der Waals surface area contributed by atoms with Crippen molar-refractivity contribution >= 4 is 11.9 Å². The summed E-state index contributed by atoms with van der Waals surface area (Å²) in [5, 5.41) is 8.83. The number of hydrogen-bond donors (Lipinski definition) is 1. The summed E-state index contributed by atoms with van der Waals surface area (Å²) in [5.74, 6) is -0.716. The smallest absolute Gasteiger partial charge is 0.306 e. The maximum Gasteiger partial charge on any atom is 0.306 e. The van der Waals surface area contributed by atoms with Crippen LogP contribution in [0.25, 0.3) is 0 Å². The summed E-state index contributed by atoms with van der Waals surface area (Å²) in [6.45, 7) is 4.52. The van der Waals surface area contributed by atoms with Gasteiger partial charge in [-0.2, -0.15) is 0 Å². The fourth-order valence-electron chi connectivity index (χ4n) is 6.34. The number of rotatable bonds is 39. The first-order valence-corrected chi connectivity index (χ1v) is 21.6. The molecule has 0 radical (unpaired) electrons. The number of aliphatic carboxylic acids is 1. The number of hydrogen-bond acceptors (Lipinski definition) is 3. The molecular formula is C46H82O4. The van der Waals surface area contributed by atoms with Gasteiger partial charge in [0.25, 0.3) is 0 Å². The van der Waals surface area contributed by atoms with Crippen molar-refractivity contribution in [1.29, 1.82) is 0 Å². The topological polar surface area (TPSA) is 63.6 Å². The molecule has 4 nitrogen and oxygen atoms in total. The lowest BCUT2D eigenvalue weighted by atomic mass is 10.0. The number of carbonyl (C=O) groups excluding carboxylic acids is 1. The average molecular weight is 699 g/mol. The quantitative estimate of drug-likeness (QED) is 0.0394. The fraction of sp³-hybridized carbons (Fsp3) is 0.783. The normalized spacial score (nSPS) is 12.7. The maximum absolute atomic E-state index is 12.7. The van der Waals surface area contributed by atoms with Gasteiger partial charge in [-0.1, -0.05) is 178 Å². The molecule has 0 aromatic carbocycles. The summed E-state index contributed by atoms with van der Waals surface area (Å²) in [5.41, 5.74) is 0. The Morgan fingerprint density at radius 3 is 1.24 bits per heavy atom. The van der Waals surface area contributed by atoms with Crippen LogP contribution in [0.15, 0.2) is 48.6 Å². The van der Waals surface area contributed by atoms with Crippen LogP contribution in [0.2, 0.25) is 0 Å². The van der Waals surface area contributed by atoms with E-state index in [0.717, 1.165) is 89.9 Å². The molecule has 0 saturated carbocycles. The van der Waals surface area contributed by atoms with Gasteiger partial charge in [-0.3, -0.25) is 9.59 Å². The van der Waals surface area contributed by atoms with Gasteiger partial charge in [0.15, 0.2) is 0 Å². The van der Waals surface area contributed by atoms with E-state index in [-0.39, 0.29) is 18.5 Å². The fourth-order valence-corrected chi connectivity index (χ4v) is 6.34. The van der Waals surface area contributed by atoms with Crippen LogP contribution in [0.5, 0.6) is 0 Å². The molecule has 4 heteroatoms. The molecule has 0 saturated heterocycles. The molecule has 0 amide bonds. The summed E-state index contributed by atoms with van der Waals surface area (Å²) in [4.78, 5) is 23.4. The number of carboxylic acid groups (broad SMARTS) is 1. The van der Waals surface area contributed by atoms with Crippen LogP contribution in [0, 0.1) is 0 Å². The second-order valence-electron chi connectivity index (χ2n) is 14.5. The first-order valence-electron chi connectivity index (χ1n) is 21.6. The molecule has 0 bridgehead atoms. The molecule has 1 N–H and O–H groups in total. The third-order valence-corrected chi connectivity index (χ3v) is 9.55. The molecule has 290 valence electrons. The minimum absolute atomic E-state index is 0.0133. The van der Waals surface area contributed by atoms with E-state index in [9.17, 15) is 9.59 Å². The maximum atomic E-state index is 12.7. The molecule has 0 spiro atoms. The zero-order valence-electron chi connectivity index (χ0n) is 33.2. The summed E-state index contributed by atoms with van der Waals surface area (Å²) in [7, 11) is 0. The first-order chi connectivity index (χ1) is 24.6. The van der Waals surface area contributed by atoms with Crippen molar-refractivity contribution in [2.75, 3.05) is 0 Å². The molecule has 0 heterocycles. The van der Waals surface area contributed by atoms with Crippen molar-refractivity contribution in [3.63, 3.8) is 0 Å². The lowest BCUT2D eigenvalue weighted by molar-refractivity contribution is -0.150. The molecule has 0 aliphatic rings. The second kappa shape index (κ2) is 41.3. The minimum atomic E-state index is -0.702. The van der Waals surface area contributed by atoms with Crippen molar-refractivity contribution in [1.82, 2.24) is 0 Å². The van der Waals surface area contributed by atoms with Crippen molar-refractivity contribution < 1.29 is 19.4 Å². The van der Waals surface area contributed by atoms with Gasteiger partial charge in [-0.25, -0.2) is 0 Å². The van der Waals surface area contributed by atoms with Crippen LogP contribution in [0.4, 0.5) is 0 Å². The zero-order chi connectivity index (χ0) is 36.4. The molecule has 0 aromatic rings. The Labute approximate surface area is 311 Å². The molecule has 0 aliphatic carbocycles. The monoisotopic (exact) mass is 699 g/mol. The average Bonchev–Trinajstić information content (AvgIpc) is 3.10. The van der Waals surface area contributed by atoms with E-state index >= 15 is 0 Å². The van der Waals surface area contributed by atoms with Crippen LogP contribution in [-0.4, -0.2) is 23.1 Å². The highest BCUT2D eigenvalue weighted by molar-refractivity contribution is 5.69. The number of carbonyl (C=O) groups is 2. The van der Waals surface area contributed by atoms with Gasteiger partial charge in [-0.15, -0.1) is 0 Å². The summed E-state index contributed by atoms with van der Waals surface area (Å²) in [6.07, 6.45) is 55.6. The van der Waals surface area contributed by atoms with E-state index in [0.29, 0.717) is 6.42 Å². The van der Waals surface area contributed by atoms with E-state index in [1.807, 2.05) is 0 Å². The number of carboxylic acids is 1. The molecule has 50 heavy (non-hydrogen) atoms. The van der Waals surface area contributed by atoms with Crippen molar-refractivity contribution in [3.8, 4) is 0 Å². The van der Waals surface area contributed by atoms with E-state index in [1.54, 1.807) is 0 Å². The Kier molecular flexibility index (Phi) is 39.6. The molecule has 0 fully saturated rings. The number of esters is 1. The van der Waals surface area contributed by atoms with Crippen LogP contribution in [-0.2, 0) is 14.3 Å². The molecule has 0 aliphatic heterocycles. The van der Waals surface area contributed by atoms with Gasteiger partial charge >= 0.3 is 11.9 Å². The Morgan fingerprint density at radius 2 is 0.780 bits per heavy atom. The second-order valence-corrected chi connectivity index (χ2v) is 14.5. The van der Waals surface area contributed by atoms with Crippen molar-refractivity contribution in [3.05, 3.63) is 48.6 Å². The molecule has 1 atom stereocenters. The molecule has 0 aromatic heterocycles. The van der Waals surface area contributed by atoms with Crippen LogP contribution >= 0.6 is 0 Å². The van der Waals surface area contributed by atoms with Gasteiger partial charge in [0.1, 0.15) is 6.10 Å². The van der Waals surface area contributed by atoms with E-state index in [4.69, 9.17) is 9.84 Å². The predicted octanol–water partition coefficient (Wildman–Crippen LogP) is 15.1. The standard InChI is InChI=1S/C46H82O4/c1-3-5-7-9-11-13-15-16-17-18-19-20-21-22-23-24-26-28-30-35-39-43-46(49)50-44(41-37-33-31-34-38-42-45(47)48)40-36-32-29-27-25-14-12-10-8-6-4-2/h11,13,16-17,19-20,22-23,44H,3-10,12,14-15,18,21,24-43H2,1-2H3,(H,47,48)/b13-11-,17-16-,20-19-,23-22-. The van der Waals surface area contributed by atoms with Gasteiger partial charge < -0.3 is 9.84 Å². The molecular weight excluding hydrogens is 617 g/mol. The third-order valence-electron chi connectivity index (χ3n) is 9.55. The highest BCUT2D eigenvalue weighted by atomic mass is 16.5. The van der Waals surface area contributed by atoms with Crippen LogP contribution < -0.4 is 0 Å². The van der Waals surface area contributed by atoms with Crippen molar-refractivity contribution in [2.24, 2.45) is 0 Å². The highest BCUT2D eigenvalue weighted by Gasteiger charge is 2.14. The molecule has 0 rings (SSSR count). The predicted molar refractivity (Wildman–Crippen MR) is 218 cm³/mol. The van der Waals surface area contributed by atoms with Gasteiger partial charge in [0, 0.05) is 12.8 Å². The van der Waals surface area contributed by atoms with Crippen LogP contribution in [0.3, 0.4) is 0 Å². The molecule has 1 unspecified atom stereocenters. The largest absolute Gasteiger partial charge is 0.481 e. The summed E-state index contributed by atoms with van der Waals surface area (Å²) >= 11 is 0. The van der Waals surface area contributed by atoms with Crippen molar-refractivity contribution in [2.45, 2.75) is 232 Å². The summed E-state index contributed by atoms with van der Waals surface area (Å²) in [6, 6.07) is 0. The third kappa shape index (κ3) is 40.3. The SMILES string of the molecule is CCCCC/C=C\C/C=C\C/C=C\C/C=C\CCCCCCCC(=O)OC(CCCCCCCCCCCCC)CCCCCCCC(=O)O. The van der Waals surface area contributed by atoms with E-state index < -0.39 is 5.97 Å². The zero-order valence-corrected chi connectivity index (χ0v) is 33.2. The number of unbranched alkanes of at least 4 members (excludes halogenated alkanes) is 22. The Hall–Kier alpha value is -2.10. The summed E-state index contributed by atoms with van der Waals surface area (Å²) < 4.78 is 6.01. The highest BCUT2D eigenvalue weighted by Crippen LogP contribution is 2.19. The van der Waals surface area contributed by atoms with Gasteiger partial charge in [0.05, 0.1) is 0 Å². The van der Waals surface area contributed by atoms with E-state index in [2.05, 4.69) is 62.5 Å². The van der Waals surface area contributed by atoms with Gasteiger partial charge in [0.2, 0.25) is 0 Å². The lowest BCUT2D eigenvalue weighted by Crippen LogP contribution is -2.18. The Balaban J connectivity index is 4.02. The van der Waals surface area contributed by atoms with E-state index in [1.165, 1.54) is 109 Å². The first kappa shape index (κ1) is 47.9. The number of ether oxygens (including phenoxy) is 1. The lowest BCUT2D eigenvalue weighted by Gasteiger charge is -2.18. The number of allylic oxidation sites excluding steroid dienone is 8. The Bertz CT molecular complexity index is 839. The van der Waals surface area contributed by atoms with Crippen LogP contribution in [0.1, 0.15) is 226 Å². The minimum Gasteiger partial charge on any atom is -0.481 e. The Morgan fingerprint density at radius 1 is 0.440 bits per heavy atom. The van der Waals surface area contributed by atoms with Gasteiger partial charge in [-0.05, 0) is 83.5 Å².